The Bertz CT molecular complexity index is 497. The molecule has 0 unspecified atom stereocenters. The average molecular weight is 273 g/mol. The molecule has 2 heterocycles. The number of nitrogens with one attached hydrogen (secondary N) is 1. The molecule has 1 N–H and O–H groups in total. The summed E-state index contributed by atoms with van der Waals surface area (Å²) in [4.78, 5) is 24.5. The molecule has 1 saturated heterocycles. The first-order chi connectivity index (χ1) is 8.48. The highest BCUT2D eigenvalue weighted by Gasteiger charge is 2.27. The summed E-state index contributed by atoms with van der Waals surface area (Å²) in [6.45, 7) is 0.624. The molecule has 8 heteroatoms. The summed E-state index contributed by atoms with van der Waals surface area (Å²) in [7, 11) is -3.03. The van der Waals surface area contributed by atoms with Gasteiger partial charge in [-0.25, -0.2) is 13.8 Å². The van der Waals surface area contributed by atoms with Gasteiger partial charge in [-0.3, -0.25) is 9.59 Å². The number of carbonyl (C=O) groups excluding carboxylic acids is 2. The molecule has 2 aliphatic rings. The van der Waals surface area contributed by atoms with Gasteiger partial charge >= 0.3 is 0 Å². The van der Waals surface area contributed by atoms with Gasteiger partial charge in [0.05, 0.1) is 11.5 Å². The zero-order valence-electron chi connectivity index (χ0n) is 9.89. The Morgan fingerprint density at radius 1 is 1.22 bits per heavy atom. The van der Waals surface area contributed by atoms with Crippen LogP contribution in [0.2, 0.25) is 0 Å². The molecule has 2 rings (SSSR count). The van der Waals surface area contributed by atoms with Gasteiger partial charge in [-0.1, -0.05) is 0 Å². The minimum atomic E-state index is -3.03. The standard InChI is InChI=1S/C10H15N3O4S/c14-9-3-2-8(11-12-9)10(15)13-4-1-6-18(16,17)7-5-13/h1-7H2,(H,12,14). The summed E-state index contributed by atoms with van der Waals surface area (Å²) in [6.07, 6.45) is 1.01. The molecule has 0 radical (unpaired) electrons. The van der Waals surface area contributed by atoms with Crippen molar-refractivity contribution < 1.29 is 18.0 Å². The van der Waals surface area contributed by atoms with Crippen LogP contribution in [0.1, 0.15) is 19.3 Å². The van der Waals surface area contributed by atoms with Crippen molar-refractivity contribution in [3.63, 3.8) is 0 Å². The van der Waals surface area contributed by atoms with E-state index in [4.69, 9.17) is 0 Å². The predicted molar refractivity (Wildman–Crippen MR) is 64.7 cm³/mol. The van der Waals surface area contributed by atoms with Gasteiger partial charge in [0.1, 0.15) is 5.71 Å². The Balaban J connectivity index is 2.03. The van der Waals surface area contributed by atoms with E-state index >= 15 is 0 Å². The molecular weight excluding hydrogens is 258 g/mol. The SMILES string of the molecule is O=C1CCC(C(=O)N2CCCS(=O)(=O)CC2)=NN1. The fourth-order valence-corrected chi connectivity index (χ4v) is 3.22. The molecule has 0 saturated carbocycles. The number of amides is 2. The van der Waals surface area contributed by atoms with Crippen LogP contribution in [0.25, 0.3) is 0 Å². The van der Waals surface area contributed by atoms with Gasteiger partial charge in [0.15, 0.2) is 9.84 Å². The Morgan fingerprint density at radius 2 is 2.00 bits per heavy atom. The van der Waals surface area contributed by atoms with E-state index in [-0.39, 0.29) is 36.3 Å². The van der Waals surface area contributed by atoms with Crippen molar-refractivity contribution >= 4 is 27.4 Å². The second kappa shape index (κ2) is 5.05. The molecule has 0 aromatic carbocycles. The number of hydrazone groups is 1. The van der Waals surface area contributed by atoms with Gasteiger partial charge in [0, 0.05) is 25.9 Å². The van der Waals surface area contributed by atoms with Crippen molar-refractivity contribution in [2.45, 2.75) is 19.3 Å². The average Bonchev–Trinajstić information content (AvgIpc) is 2.50. The fourth-order valence-electron chi connectivity index (χ4n) is 1.95. The van der Waals surface area contributed by atoms with Crippen LogP contribution in [0.5, 0.6) is 0 Å². The normalized spacial score (nSPS) is 23.9. The first kappa shape index (κ1) is 13.0. The van der Waals surface area contributed by atoms with Crippen molar-refractivity contribution in [2.24, 2.45) is 5.10 Å². The maximum Gasteiger partial charge on any atom is 0.270 e. The van der Waals surface area contributed by atoms with E-state index in [9.17, 15) is 18.0 Å². The summed E-state index contributed by atoms with van der Waals surface area (Å²) in [5, 5.41) is 3.73. The van der Waals surface area contributed by atoms with Crippen LogP contribution in [0.4, 0.5) is 0 Å². The molecule has 0 spiro atoms. The lowest BCUT2D eigenvalue weighted by Crippen LogP contribution is -2.41. The molecule has 2 amide bonds. The predicted octanol–water partition coefficient (Wildman–Crippen LogP) is -1.10. The lowest BCUT2D eigenvalue weighted by Gasteiger charge is -2.21. The Labute approximate surface area is 105 Å². The molecule has 0 atom stereocenters. The van der Waals surface area contributed by atoms with Crippen molar-refractivity contribution in [2.75, 3.05) is 24.6 Å². The number of hydrogen-bond donors (Lipinski definition) is 1. The number of nitrogens with zero attached hydrogens (tertiary/aromatic N) is 2. The molecule has 1 fully saturated rings. The molecule has 18 heavy (non-hydrogen) atoms. The lowest BCUT2D eigenvalue weighted by atomic mass is 10.1. The van der Waals surface area contributed by atoms with Crippen LogP contribution in [0.15, 0.2) is 5.10 Å². The van der Waals surface area contributed by atoms with Crippen molar-refractivity contribution in [1.29, 1.82) is 0 Å². The summed E-state index contributed by atoms with van der Waals surface area (Å²) >= 11 is 0. The highest BCUT2D eigenvalue weighted by Crippen LogP contribution is 2.09. The zero-order chi connectivity index (χ0) is 13.2. The number of hydrogen-bond acceptors (Lipinski definition) is 5. The van der Waals surface area contributed by atoms with Crippen molar-refractivity contribution in [3.8, 4) is 0 Å². The van der Waals surface area contributed by atoms with Gasteiger partial charge in [0.2, 0.25) is 5.91 Å². The van der Waals surface area contributed by atoms with E-state index in [0.29, 0.717) is 25.1 Å². The molecule has 100 valence electrons. The lowest BCUT2D eigenvalue weighted by molar-refractivity contribution is -0.124. The summed E-state index contributed by atoms with van der Waals surface area (Å²) in [6, 6.07) is 0. The van der Waals surface area contributed by atoms with Crippen LogP contribution < -0.4 is 5.43 Å². The van der Waals surface area contributed by atoms with E-state index < -0.39 is 9.84 Å². The van der Waals surface area contributed by atoms with Gasteiger partial charge in [-0.2, -0.15) is 5.10 Å². The highest BCUT2D eigenvalue weighted by atomic mass is 32.2. The third kappa shape index (κ3) is 3.06. The van der Waals surface area contributed by atoms with Gasteiger partial charge in [0.25, 0.3) is 5.91 Å². The van der Waals surface area contributed by atoms with Crippen LogP contribution in [-0.4, -0.2) is 55.4 Å². The number of carbonyl (C=O) groups is 2. The topological polar surface area (TPSA) is 95.9 Å². The molecule has 0 bridgehead atoms. The van der Waals surface area contributed by atoms with E-state index in [1.54, 1.807) is 0 Å². The first-order valence-electron chi connectivity index (χ1n) is 5.83. The molecule has 0 aromatic rings. The summed E-state index contributed by atoms with van der Waals surface area (Å²) in [5.41, 5.74) is 2.57. The van der Waals surface area contributed by atoms with Crippen LogP contribution >= 0.6 is 0 Å². The molecule has 2 aliphatic heterocycles. The minimum absolute atomic E-state index is 0.00161. The van der Waals surface area contributed by atoms with Crippen LogP contribution in [-0.2, 0) is 19.4 Å². The second-order valence-corrected chi connectivity index (χ2v) is 6.69. The van der Waals surface area contributed by atoms with Crippen LogP contribution in [0, 0.1) is 0 Å². The minimum Gasteiger partial charge on any atom is -0.336 e. The summed E-state index contributed by atoms with van der Waals surface area (Å²) in [5.74, 6) is -0.352. The van der Waals surface area contributed by atoms with E-state index in [1.165, 1.54) is 4.90 Å². The number of sulfone groups is 1. The van der Waals surface area contributed by atoms with Crippen LogP contribution in [0.3, 0.4) is 0 Å². The third-order valence-corrected chi connectivity index (χ3v) is 4.71. The van der Waals surface area contributed by atoms with Gasteiger partial charge in [-0.05, 0) is 6.42 Å². The monoisotopic (exact) mass is 273 g/mol. The first-order valence-corrected chi connectivity index (χ1v) is 7.65. The Kier molecular flexibility index (Phi) is 3.65. The van der Waals surface area contributed by atoms with Gasteiger partial charge < -0.3 is 4.90 Å². The molecule has 7 nitrogen and oxygen atoms in total. The van der Waals surface area contributed by atoms with Crippen molar-refractivity contribution in [1.82, 2.24) is 10.3 Å². The van der Waals surface area contributed by atoms with E-state index in [1.807, 2.05) is 0 Å². The quantitative estimate of drug-likeness (QED) is 0.656. The molecule has 0 aliphatic carbocycles. The Morgan fingerprint density at radius 3 is 2.67 bits per heavy atom. The van der Waals surface area contributed by atoms with Gasteiger partial charge in [-0.15, -0.1) is 0 Å². The van der Waals surface area contributed by atoms with Crippen molar-refractivity contribution in [3.05, 3.63) is 0 Å². The summed E-state index contributed by atoms with van der Waals surface area (Å²) < 4.78 is 22.9. The van der Waals surface area contributed by atoms with E-state index in [0.717, 1.165) is 0 Å². The smallest absolute Gasteiger partial charge is 0.270 e. The Hall–Kier alpha value is -1.44. The third-order valence-electron chi connectivity index (χ3n) is 2.99. The largest absolute Gasteiger partial charge is 0.336 e. The maximum atomic E-state index is 12.1. The highest BCUT2D eigenvalue weighted by molar-refractivity contribution is 7.91. The molecular formula is C10H15N3O4S. The molecule has 0 aromatic heterocycles. The number of rotatable bonds is 1. The fraction of sp³-hybridized carbons (Fsp3) is 0.700. The van der Waals surface area contributed by atoms with E-state index in [2.05, 4.69) is 10.5 Å². The maximum absolute atomic E-state index is 12.1. The zero-order valence-corrected chi connectivity index (χ0v) is 10.7. The second-order valence-electron chi connectivity index (χ2n) is 4.39.